The highest BCUT2D eigenvalue weighted by atomic mass is 35.5. The minimum absolute atomic E-state index is 0.410. The summed E-state index contributed by atoms with van der Waals surface area (Å²) in [7, 11) is 5.05. The van der Waals surface area contributed by atoms with Crippen molar-refractivity contribution in [2.24, 2.45) is 7.05 Å². The Morgan fingerprint density at radius 2 is 1.80 bits per heavy atom. The summed E-state index contributed by atoms with van der Waals surface area (Å²) in [4.78, 5) is 4.22. The Morgan fingerprint density at radius 3 is 2.40 bits per heavy atom. The number of halogens is 1. The second-order valence-electron chi connectivity index (χ2n) is 3.11. The van der Waals surface area contributed by atoms with Gasteiger partial charge in [-0.25, -0.2) is 4.98 Å². The molecular weight excluding hydrogens is 216 g/mol. The first kappa shape index (κ1) is 10.1. The van der Waals surface area contributed by atoms with Gasteiger partial charge in [0.05, 0.1) is 14.2 Å². The number of benzene rings is 1. The number of aromatic nitrogens is 2. The van der Waals surface area contributed by atoms with Crippen LogP contribution in [-0.2, 0) is 7.05 Å². The maximum atomic E-state index is 5.95. The first-order chi connectivity index (χ1) is 7.19. The molecule has 0 N–H and O–H groups in total. The second-order valence-corrected chi connectivity index (χ2v) is 3.45. The van der Waals surface area contributed by atoms with Crippen LogP contribution in [0.25, 0.3) is 11.0 Å². The van der Waals surface area contributed by atoms with Gasteiger partial charge >= 0.3 is 0 Å². The van der Waals surface area contributed by atoms with Crippen LogP contribution in [0.2, 0.25) is 5.28 Å². The molecule has 2 aromatic rings. The van der Waals surface area contributed by atoms with Crippen LogP contribution in [0.3, 0.4) is 0 Å². The van der Waals surface area contributed by atoms with Crippen LogP contribution >= 0.6 is 11.6 Å². The van der Waals surface area contributed by atoms with Crippen molar-refractivity contribution in [3.63, 3.8) is 0 Å². The zero-order valence-electron chi connectivity index (χ0n) is 8.74. The van der Waals surface area contributed by atoms with Crippen LogP contribution in [0, 0.1) is 0 Å². The highest BCUT2D eigenvalue weighted by Crippen LogP contribution is 2.33. The number of hydrogen-bond donors (Lipinski definition) is 0. The minimum atomic E-state index is 0.410. The summed E-state index contributed by atoms with van der Waals surface area (Å²) in [5, 5.41) is 0.410. The van der Waals surface area contributed by atoms with Crippen molar-refractivity contribution in [2.75, 3.05) is 14.2 Å². The third-order valence-corrected chi connectivity index (χ3v) is 2.67. The van der Waals surface area contributed by atoms with E-state index < -0.39 is 0 Å². The summed E-state index contributed by atoms with van der Waals surface area (Å²) in [6.45, 7) is 0. The Bertz CT molecular complexity index is 508. The molecule has 5 heteroatoms. The molecule has 0 aliphatic heterocycles. The van der Waals surface area contributed by atoms with Crippen molar-refractivity contribution in [1.29, 1.82) is 0 Å². The molecule has 0 saturated carbocycles. The summed E-state index contributed by atoms with van der Waals surface area (Å²) in [6, 6.07) is 3.64. The molecule has 2 rings (SSSR count). The maximum absolute atomic E-state index is 5.95. The number of imidazole rings is 1. The van der Waals surface area contributed by atoms with Gasteiger partial charge in [-0.05, 0) is 23.7 Å². The molecule has 0 unspecified atom stereocenters. The van der Waals surface area contributed by atoms with E-state index in [1.54, 1.807) is 18.8 Å². The molecule has 80 valence electrons. The number of aryl methyl sites for hydroxylation is 1. The van der Waals surface area contributed by atoms with Crippen molar-refractivity contribution in [3.8, 4) is 11.5 Å². The highest BCUT2D eigenvalue weighted by Gasteiger charge is 2.14. The molecule has 0 bridgehead atoms. The molecule has 0 spiro atoms. The molecule has 4 nitrogen and oxygen atoms in total. The van der Waals surface area contributed by atoms with E-state index in [0.717, 1.165) is 11.3 Å². The van der Waals surface area contributed by atoms with Crippen molar-refractivity contribution in [3.05, 3.63) is 17.4 Å². The normalized spacial score (nSPS) is 10.7. The summed E-state index contributed by atoms with van der Waals surface area (Å²) < 4.78 is 12.2. The van der Waals surface area contributed by atoms with Gasteiger partial charge in [0.25, 0.3) is 0 Å². The maximum Gasteiger partial charge on any atom is 0.203 e. The van der Waals surface area contributed by atoms with Crippen molar-refractivity contribution < 1.29 is 9.47 Å². The van der Waals surface area contributed by atoms with E-state index in [9.17, 15) is 0 Å². The monoisotopic (exact) mass is 226 g/mol. The summed E-state index contributed by atoms with van der Waals surface area (Å²) in [5.41, 5.74) is 1.55. The van der Waals surface area contributed by atoms with Gasteiger partial charge in [0.15, 0.2) is 0 Å². The van der Waals surface area contributed by atoms with Crippen LogP contribution in [0.4, 0.5) is 0 Å². The van der Waals surface area contributed by atoms with Crippen LogP contribution < -0.4 is 9.47 Å². The largest absolute Gasteiger partial charge is 0.494 e. The number of nitrogens with zero attached hydrogens (tertiary/aromatic N) is 2. The number of fused-ring (bicyclic) bond motifs is 1. The van der Waals surface area contributed by atoms with E-state index in [-0.39, 0.29) is 0 Å². The van der Waals surface area contributed by atoms with Gasteiger partial charge < -0.3 is 14.0 Å². The van der Waals surface area contributed by atoms with Gasteiger partial charge in [-0.1, -0.05) is 0 Å². The fourth-order valence-electron chi connectivity index (χ4n) is 1.56. The first-order valence-corrected chi connectivity index (χ1v) is 4.79. The third kappa shape index (κ3) is 1.41. The zero-order valence-corrected chi connectivity index (χ0v) is 9.50. The molecule has 0 saturated heterocycles. The fourth-order valence-corrected chi connectivity index (χ4v) is 1.73. The number of ether oxygens (including phenoxy) is 2. The molecule has 15 heavy (non-hydrogen) atoms. The molecule has 0 atom stereocenters. The zero-order chi connectivity index (χ0) is 11.0. The lowest BCUT2D eigenvalue weighted by Crippen LogP contribution is -1.92. The molecule has 1 heterocycles. The van der Waals surface area contributed by atoms with E-state index >= 15 is 0 Å². The average molecular weight is 227 g/mol. The lowest BCUT2D eigenvalue weighted by Gasteiger charge is -2.06. The van der Waals surface area contributed by atoms with Gasteiger partial charge in [-0.15, -0.1) is 0 Å². The van der Waals surface area contributed by atoms with E-state index in [1.165, 1.54) is 0 Å². The van der Waals surface area contributed by atoms with Gasteiger partial charge in [-0.3, -0.25) is 0 Å². The number of hydrogen-bond acceptors (Lipinski definition) is 3. The van der Waals surface area contributed by atoms with Crippen LogP contribution in [0.15, 0.2) is 12.1 Å². The standard InChI is InChI=1S/C10H11ClN2O2/c1-13-9-7(15-3)5-4-6(14-2)8(9)12-10(13)11/h4-5H,1-3H3. The Labute approximate surface area is 92.4 Å². The second kappa shape index (κ2) is 3.62. The molecule has 0 aliphatic carbocycles. The van der Waals surface area contributed by atoms with Crippen LogP contribution in [0.1, 0.15) is 0 Å². The molecule has 1 aromatic carbocycles. The van der Waals surface area contributed by atoms with Crippen LogP contribution in [-0.4, -0.2) is 23.8 Å². The highest BCUT2D eigenvalue weighted by molar-refractivity contribution is 6.29. The van der Waals surface area contributed by atoms with Gasteiger partial charge in [0, 0.05) is 7.05 Å². The van der Waals surface area contributed by atoms with Crippen molar-refractivity contribution in [1.82, 2.24) is 9.55 Å². The Balaban J connectivity index is 2.86. The summed E-state index contributed by atoms with van der Waals surface area (Å²) >= 11 is 5.95. The Kier molecular flexibility index (Phi) is 2.44. The average Bonchev–Trinajstić information content (AvgIpc) is 2.55. The summed E-state index contributed by atoms with van der Waals surface area (Å²) in [5.74, 6) is 1.42. The lowest BCUT2D eigenvalue weighted by atomic mass is 10.2. The molecular formula is C10H11ClN2O2. The topological polar surface area (TPSA) is 36.3 Å². The number of rotatable bonds is 2. The first-order valence-electron chi connectivity index (χ1n) is 4.42. The third-order valence-electron chi connectivity index (χ3n) is 2.33. The molecule has 0 amide bonds. The molecule has 0 radical (unpaired) electrons. The van der Waals surface area contributed by atoms with E-state index in [0.29, 0.717) is 16.5 Å². The van der Waals surface area contributed by atoms with Crippen molar-refractivity contribution in [2.45, 2.75) is 0 Å². The predicted octanol–water partition coefficient (Wildman–Crippen LogP) is 2.24. The van der Waals surface area contributed by atoms with Gasteiger partial charge in [0.1, 0.15) is 22.5 Å². The Morgan fingerprint density at radius 1 is 1.20 bits per heavy atom. The molecule has 1 aromatic heterocycles. The summed E-state index contributed by atoms with van der Waals surface area (Å²) in [6.07, 6.45) is 0. The fraction of sp³-hybridized carbons (Fsp3) is 0.300. The smallest absolute Gasteiger partial charge is 0.203 e. The SMILES string of the molecule is COc1ccc(OC)c2c1nc(Cl)n2C. The van der Waals surface area contributed by atoms with E-state index in [4.69, 9.17) is 21.1 Å². The van der Waals surface area contributed by atoms with Gasteiger partial charge in [0.2, 0.25) is 5.28 Å². The molecule has 0 fully saturated rings. The minimum Gasteiger partial charge on any atom is -0.494 e. The van der Waals surface area contributed by atoms with Crippen molar-refractivity contribution >= 4 is 22.6 Å². The van der Waals surface area contributed by atoms with Crippen LogP contribution in [0.5, 0.6) is 11.5 Å². The quantitative estimate of drug-likeness (QED) is 0.788. The lowest BCUT2D eigenvalue weighted by molar-refractivity contribution is 0.409. The molecule has 0 aliphatic rings. The number of methoxy groups -OCH3 is 2. The van der Waals surface area contributed by atoms with E-state index in [1.807, 2.05) is 19.2 Å². The predicted molar refractivity (Wildman–Crippen MR) is 58.8 cm³/mol. The van der Waals surface area contributed by atoms with E-state index in [2.05, 4.69) is 4.98 Å². The van der Waals surface area contributed by atoms with Gasteiger partial charge in [-0.2, -0.15) is 0 Å². The Hall–Kier alpha value is -1.42.